The van der Waals surface area contributed by atoms with Crippen molar-refractivity contribution < 1.29 is 14.7 Å². The first-order valence-electron chi connectivity index (χ1n) is 6.29. The van der Waals surface area contributed by atoms with E-state index < -0.39 is 5.91 Å². The zero-order valence-electron chi connectivity index (χ0n) is 11.7. The number of amides is 2. The Morgan fingerprint density at radius 1 is 1.36 bits per heavy atom. The Balaban J connectivity index is 1.71. The summed E-state index contributed by atoms with van der Waals surface area (Å²) >= 11 is 1.33. The molecule has 1 aromatic carbocycles. The summed E-state index contributed by atoms with van der Waals surface area (Å²) < 4.78 is 1.51. The van der Waals surface area contributed by atoms with Crippen LogP contribution in [0.15, 0.2) is 29.4 Å². The highest BCUT2D eigenvalue weighted by molar-refractivity contribution is 7.99. The monoisotopic (exact) mass is 322 g/mol. The molecule has 0 aliphatic carbocycles. The van der Waals surface area contributed by atoms with Crippen LogP contribution < -0.4 is 10.9 Å². The van der Waals surface area contributed by atoms with Crippen molar-refractivity contribution in [2.75, 3.05) is 5.75 Å². The van der Waals surface area contributed by atoms with Crippen molar-refractivity contribution in [3.05, 3.63) is 29.8 Å². The average Bonchev–Trinajstić information content (AvgIpc) is 2.90. The van der Waals surface area contributed by atoms with Gasteiger partial charge in [-0.3, -0.25) is 20.4 Å². The van der Waals surface area contributed by atoms with Crippen molar-refractivity contribution in [3.63, 3.8) is 0 Å². The van der Waals surface area contributed by atoms with E-state index in [1.165, 1.54) is 40.7 Å². The van der Waals surface area contributed by atoms with E-state index in [0.717, 1.165) is 0 Å². The van der Waals surface area contributed by atoms with Gasteiger partial charge in [0.1, 0.15) is 5.75 Å². The first kappa shape index (κ1) is 15.8. The SMILES string of the molecule is Cn1nnnc1SCCC(=O)NNC(=O)c1cccc(O)c1. The lowest BCUT2D eigenvalue weighted by molar-refractivity contribution is -0.121. The number of carbonyl (C=O) groups is 2. The highest BCUT2D eigenvalue weighted by Crippen LogP contribution is 2.13. The lowest BCUT2D eigenvalue weighted by Gasteiger charge is -2.07. The molecule has 0 saturated carbocycles. The molecule has 0 radical (unpaired) electrons. The second-order valence-corrected chi connectivity index (χ2v) is 5.30. The van der Waals surface area contributed by atoms with E-state index in [4.69, 9.17) is 0 Å². The van der Waals surface area contributed by atoms with Gasteiger partial charge < -0.3 is 5.11 Å². The van der Waals surface area contributed by atoms with Crippen molar-refractivity contribution >= 4 is 23.6 Å². The quantitative estimate of drug-likeness (QED) is 0.517. The molecule has 1 heterocycles. The largest absolute Gasteiger partial charge is 0.508 e. The number of carbonyl (C=O) groups excluding carboxylic acids is 2. The molecular formula is C12H14N6O3S. The molecule has 116 valence electrons. The normalized spacial score (nSPS) is 10.2. The van der Waals surface area contributed by atoms with Crippen LogP contribution in [0, 0.1) is 0 Å². The van der Waals surface area contributed by atoms with Crippen molar-refractivity contribution in [1.29, 1.82) is 0 Å². The number of thioether (sulfide) groups is 1. The third-order valence-electron chi connectivity index (χ3n) is 2.57. The third kappa shape index (κ3) is 4.45. The van der Waals surface area contributed by atoms with Crippen molar-refractivity contribution in [2.45, 2.75) is 11.6 Å². The van der Waals surface area contributed by atoms with Crippen molar-refractivity contribution in [2.24, 2.45) is 7.05 Å². The molecule has 10 heteroatoms. The van der Waals surface area contributed by atoms with E-state index in [1.807, 2.05) is 0 Å². The van der Waals surface area contributed by atoms with E-state index in [-0.39, 0.29) is 23.6 Å². The van der Waals surface area contributed by atoms with E-state index in [2.05, 4.69) is 26.4 Å². The standard InChI is InChI=1S/C12H14N6O3S/c1-18-12(15-16-17-18)22-6-5-10(20)13-14-11(21)8-3-2-4-9(19)7-8/h2-4,7,19H,5-6H2,1H3,(H,13,20)(H,14,21). The van der Waals surface area contributed by atoms with E-state index in [1.54, 1.807) is 7.05 Å². The Labute approximate surface area is 130 Å². The van der Waals surface area contributed by atoms with Gasteiger partial charge in [-0.2, -0.15) is 0 Å². The Morgan fingerprint density at radius 3 is 2.86 bits per heavy atom. The molecule has 0 bridgehead atoms. The van der Waals surface area contributed by atoms with Gasteiger partial charge in [-0.25, -0.2) is 4.68 Å². The fourth-order valence-corrected chi connectivity index (χ4v) is 2.27. The van der Waals surface area contributed by atoms with Crippen molar-refractivity contribution in [1.82, 2.24) is 31.1 Å². The molecule has 0 atom stereocenters. The molecule has 2 aromatic rings. The van der Waals surface area contributed by atoms with E-state index in [9.17, 15) is 14.7 Å². The predicted molar refractivity (Wildman–Crippen MR) is 77.9 cm³/mol. The lowest BCUT2D eigenvalue weighted by Crippen LogP contribution is -2.41. The summed E-state index contributed by atoms with van der Waals surface area (Å²) in [6, 6.07) is 5.82. The van der Waals surface area contributed by atoms with Gasteiger partial charge in [-0.15, -0.1) is 5.10 Å². The molecule has 0 aliphatic heterocycles. The highest BCUT2D eigenvalue weighted by atomic mass is 32.2. The van der Waals surface area contributed by atoms with Crippen LogP contribution in [0.3, 0.4) is 0 Å². The van der Waals surface area contributed by atoms with Crippen molar-refractivity contribution in [3.8, 4) is 5.75 Å². The maximum absolute atomic E-state index is 11.7. The fraction of sp³-hybridized carbons (Fsp3) is 0.250. The zero-order valence-corrected chi connectivity index (χ0v) is 12.5. The second-order valence-electron chi connectivity index (χ2n) is 4.24. The number of rotatable bonds is 5. The number of phenolic OH excluding ortho intramolecular Hbond substituents is 1. The summed E-state index contributed by atoms with van der Waals surface area (Å²) in [7, 11) is 1.71. The van der Waals surface area contributed by atoms with Crippen LogP contribution in [-0.4, -0.2) is 42.9 Å². The van der Waals surface area contributed by atoms with Crippen LogP contribution in [0.2, 0.25) is 0 Å². The summed E-state index contributed by atoms with van der Waals surface area (Å²) in [5, 5.41) is 20.8. The molecular weight excluding hydrogens is 308 g/mol. The lowest BCUT2D eigenvalue weighted by atomic mass is 10.2. The Kier molecular flexibility index (Phi) is 5.31. The maximum atomic E-state index is 11.7. The number of benzene rings is 1. The fourth-order valence-electron chi connectivity index (χ4n) is 1.49. The number of hydrazine groups is 1. The first-order chi connectivity index (χ1) is 10.6. The van der Waals surface area contributed by atoms with Gasteiger partial charge in [0, 0.05) is 24.8 Å². The predicted octanol–water partition coefficient (Wildman–Crippen LogP) is -0.141. The van der Waals surface area contributed by atoms with Gasteiger partial charge in [0.2, 0.25) is 11.1 Å². The minimum Gasteiger partial charge on any atom is -0.508 e. The zero-order chi connectivity index (χ0) is 15.9. The van der Waals surface area contributed by atoms with Crippen LogP contribution in [0.1, 0.15) is 16.8 Å². The average molecular weight is 322 g/mol. The van der Waals surface area contributed by atoms with Gasteiger partial charge in [-0.1, -0.05) is 17.8 Å². The molecule has 0 aliphatic rings. The van der Waals surface area contributed by atoms with Gasteiger partial charge in [-0.05, 0) is 28.6 Å². The van der Waals surface area contributed by atoms with Gasteiger partial charge in [0.05, 0.1) is 0 Å². The number of aromatic hydroxyl groups is 1. The van der Waals surface area contributed by atoms with Crippen LogP contribution >= 0.6 is 11.8 Å². The highest BCUT2D eigenvalue weighted by Gasteiger charge is 2.09. The number of tetrazole rings is 1. The molecule has 0 fully saturated rings. The van der Waals surface area contributed by atoms with Crippen LogP contribution in [0.4, 0.5) is 0 Å². The summed E-state index contributed by atoms with van der Waals surface area (Å²) in [6.45, 7) is 0. The van der Waals surface area contributed by atoms with Crippen LogP contribution in [0.5, 0.6) is 5.75 Å². The molecule has 9 nitrogen and oxygen atoms in total. The van der Waals surface area contributed by atoms with Gasteiger partial charge in [0.15, 0.2) is 0 Å². The second kappa shape index (κ2) is 7.41. The maximum Gasteiger partial charge on any atom is 0.269 e. The first-order valence-corrected chi connectivity index (χ1v) is 7.28. The summed E-state index contributed by atoms with van der Waals surface area (Å²) in [5.74, 6) is -0.389. The smallest absolute Gasteiger partial charge is 0.269 e. The number of nitrogens with zero attached hydrogens (tertiary/aromatic N) is 4. The summed E-state index contributed by atoms with van der Waals surface area (Å²) in [5.41, 5.74) is 4.83. The molecule has 3 N–H and O–H groups in total. The Bertz CT molecular complexity index is 674. The Hall–Kier alpha value is -2.62. The molecule has 0 spiro atoms. The number of nitrogens with one attached hydrogen (secondary N) is 2. The van der Waals surface area contributed by atoms with E-state index >= 15 is 0 Å². The summed E-state index contributed by atoms with van der Waals surface area (Å²) in [6.07, 6.45) is 0.192. The van der Waals surface area contributed by atoms with Gasteiger partial charge >= 0.3 is 0 Å². The number of aromatic nitrogens is 4. The topological polar surface area (TPSA) is 122 Å². The summed E-state index contributed by atoms with van der Waals surface area (Å²) in [4.78, 5) is 23.3. The number of hydrogen-bond acceptors (Lipinski definition) is 7. The minimum absolute atomic E-state index is 0.0207. The van der Waals surface area contributed by atoms with Gasteiger partial charge in [0.25, 0.3) is 5.91 Å². The molecule has 2 amide bonds. The molecule has 0 unspecified atom stereocenters. The minimum atomic E-state index is -0.505. The van der Waals surface area contributed by atoms with E-state index in [0.29, 0.717) is 10.9 Å². The molecule has 1 aromatic heterocycles. The van der Waals surface area contributed by atoms with Crippen LogP contribution in [-0.2, 0) is 11.8 Å². The van der Waals surface area contributed by atoms with Crippen LogP contribution in [0.25, 0.3) is 0 Å². The third-order valence-corrected chi connectivity index (χ3v) is 3.58. The number of aryl methyl sites for hydroxylation is 1. The number of phenols is 1. The molecule has 0 saturated heterocycles. The Morgan fingerprint density at radius 2 is 2.18 bits per heavy atom. The molecule has 22 heavy (non-hydrogen) atoms. The molecule has 2 rings (SSSR count). The number of hydrogen-bond donors (Lipinski definition) is 3.